The predicted molar refractivity (Wildman–Crippen MR) is 82.1 cm³/mol. The average Bonchev–Trinajstić information content (AvgIpc) is 2.44. The number of methoxy groups -OCH3 is 1. The van der Waals surface area contributed by atoms with E-state index >= 15 is 0 Å². The summed E-state index contributed by atoms with van der Waals surface area (Å²) in [5, 5.41) is 3.59. The van der Waals surface area contributed by atoms with Gasteiger partial charge in [0.2, 0.25) is 0 Å². The highest BCUT2D eigenvalue weighted by atomic mass is 16.5. The first-order chi connectivity index (χ1) is 9.71. The normalized spacial score (nSPS) is 14.0. The van der Waals surface area contributed by atoms with Crippen LogP contribution in [0, 0.1) is 5.92 Å². The Balaban J connectivity index is 2.77. The van der Waals surface area contributed by atoms with Gasteiger partial charge in [0.05, 0.1) is 12.8 Å². The number of aromatic nitrogens is 1. The van der Waals surface area contributed by atoms with E-state index in [0.29, 0.717) is 18.6 Å². The molecular formula is C16H28N2O2. The van der Waals surface area contributed by atoms with Crippen LogP contribution >= 0.6 is 0 Å². The lowest BCUT2D eigenvalue weighted by Gasteiger charge is -2.22. The van der Waals surface area contributed by atoms with Crippen molar-refractivity contribution in [3.63, 3.8) is 0 Å². The molecule has 1 aromatic heterocycles. The zero-order valence-electron chi connectivity index (χ0n) is 13.2. The van der Waals surface area contributed by atoms with Crippen molar-refractivity contribution in [3.8, 4) is 5.75 Å². The Hall–Kier alpha value is -1.13. The van der Waals surface area contributed by atoms with Crippen LogP contribution in [0.15, 0.2) is 18.5 Å². The van der Waals surface area contributed by atoms with Crippen molar-refractivity contribution in [1.82, 2.24) is 10.3 Å². The first-order valence-electron chi connectivity index (χ1n) is 7.51. The second kappa shape index (κ2) is 9.72. The molecule has 1 heterocycles. The van der Waals surface area contributed by atoms with E-state index < -0.39 is 0 Å². The van der Waals surface area contributed by atoms with E-state index in [1.165, 1.54) is 5.56 Å². The lowest BCUT2D eigenvalue weighted by molar-refractivity contribution is 0.149. The predicted octanol–water partition coefficient (Wildman–Crippen LogP) is 3.19. The fraction of sp³-hybridized carbons (Fsp3) is 0.688. The zero-order chi connectivity index (χ0) is 14.8. The maximum atomic E-state index is 5.54. The van der Waals surface area contributed by atoms with Crippen molar-refractivity contribution in [2.45, 2.75) is 39.7 Å². The van der Waals surface area contributed by atoms with Gasteiger partial charge in [0.25, 0.3) is 0 Å². The summed E-state index contributed by atoms with van der Waals surface area (Å²) in [6, 6.07) is 2.39. The molecule has 0 amide bonds. The third-order valence-corrected chi connectivity index (χ3v) is 3.18. The van der Waals surface area contributed by atoms with Crippen LogP contribution < -0.4 is 10.1 Å². The number of hydrogen-bond acceptors (Lipinski definition) is 4. The molecule has 2 unspecified atom stereocenters. The van der Waals surface area contributed by atoms with Gasteiger partial charge in [-0.3, -0.25) is 4.98 Å². The Morgan fingerprint density at radius 3 is 2.75 bits per heavy atom. The van der Waals surface area contributed by atoms with Crippen LogP contribution in [-0.2, 0) is 4.74 Å². The van der Waals surface area contributed by atoms with Crippen LogP contribution in [0.2, 0.25) is 0 Å². The van der Waals surface area contributed by atoms with Gasteiger partial charge in [0.1, 0.15) is 5.75 Å². The molecule has 1 aromatic rings. The molecule has 0 fully saturated rings. The molecule has 0 aliphatic carbocycles. The molecule has 0 aromatic carbocycles. The summed E-state index contributed by atoms with van der Waals surface area (Å²) in [6.45, 7) is 8.83. The first kappa shape index (κ1) is 16.9. The number of ether oxygens (including phenoxy) is 2. The van der Waals surface area contributed by atoms with Gasteiger partial charge in [-0.15, -0.1) is 0 Å². The Kier molecular flexibility index (Phi) is 8.23. The molecule has 0 aliphatic heterocycles. The monoisotopic (exact) mass is 280 g/mol. The van der Waals surface area contributed by atoms with E-state index in [1.54, 1.807) is 13.3 Å². The summed E-state index contributed by atoms with van der Waals surface area (Å²) < 4.78 is 10.8. The lowest BCUT2D eigenvalue weighted by atomic mass is 9.97. The van der Waals surface area contributed by atoms with Crippen molar-refractivity contribution < 1.29 is 9.47 Å². The van der Waals surface area contributed by atoms with E-state index in [4.69, 9.17) is 9.47 Å². The maximum absolute atomic E-state index is 5.54. The largest absolute Gasteiger partial charge is 0.492 e. The number of nitrogens with one attached hydrogen (secondary N) is 1. The molecule has 0 bridgehead atoms. The van der Waals surface area contributed by atoms with Crippen LogP contribution in [0.1, 0.15) is 45.2 Å². The van der Waals surface area contributed by atoms with Crippen molar-refractivity contribution in [2.75, 3.05) is 26.9 Å². The Morgan fingerprint density at radius 2 is 2.10 bits per heavy atom. The number of pyridine rings is 1. The van der Waals surface area contributed by atoms with Crippen LogP contribution in [0.3, 0.4) is 0 Å². The molecule has 0 radical (unpaired) electrons. The van der Waals surface area contributed by atoms with Gasteiger partial charge < -0.3 is 14.8 Å². The Morgan fingerprint density at radius 1 is 1.30 bits per heavy atom. The van der Waals surface area contributed by atoms with Crippen molar-refractivity contribution >= 4 is 0 Å². The third kappa shape index (κ3) is 5.88. The minimum absolute atomic E-state index is 0.299. The maximum Gasteiger partial charge on any atom is 0.137 e. The molecule has 2 atom stereocenters. The van der Waals surface area contributed by atoms with E-state index in [9.17, 15) is 0 Å². The van der Waals surface area contributed by atoms with E-state index in [2.05, 4.69) is 30.2 Å². The first-order valence-corrected chi connectivity index (χ1v) is 7.51. The van der Waals surface area contributed by atoms with Gasteiger partial charge >= 0.3 is 0 Å². The third-order valence-electron chi connectivity index (χ3n) is 3.18. The average molecular weight is 280 g/mol. The zero-order valence-corrected chi connectivity index (χ0v) is 13.2. The van der Waals surface area contributed by atoms with E-state index in [-0.39, 0.29) is 0 Å². The number of rotatable bonds is 10. The van der Waals surface area contributed by atoms with Gasteiger partial charge in [-0.05, 0) is 43.9 Å². The molecule has 1 N–H and O–H groups in total. The standard InChI is InChI=1S/C16H28N2O2/c1-5-7-18-16(8-13(3)12-19-4)14-9-15(20-6-2)11-17-10-14/h9-11,13,16,18H,5-8,12H2,1-4H3. The molecule has 114 valence electrons. The van der Waals surface area contributed by atoms with Crippen molar-refractivity contribution in [1.29, 1.82) is 0 Å². The van der Waals surface area contributed by atoms with Crippen LogP contribution in [-0.4, -0.2) is 31.9 Å². The van der Waals surface area contributed by atoms with Crippen LogP contribution in [0.4, 0.5) is 0 Å². The number of hydrogen-bond donors (Lipinski definition) is 1. The van der Waals surface area contributed by atoms with Crippen molar-refractivity contribution in [3.05, 3.63) is 24.0 Å². The summed E-state index contributed by atoms with van der Waals surface area (Å²) in [4.78, 5) is 4.29. The summed E-state index contributed by atoms with van der Waals surface area (Å²) in [5.41, 5.74) is 1.19. The summed E-state index contributed by atoms with van der Waals surface area (Å²) in [5.74, 6) is 1.35. The highest BCUT2D eigenvalue weighted by Gasteiger charge is 2.15. The van der Waals surface area contributed by atoms with Gasteiger partial charge in [0, 0.05) is 26.0 Å². The molecular weight excluding hydrogens is 252 g/mol. The number of nitrogens with zero attached hydrogens (tertiary/aromatic N) is 1. The summed E-state index contributed by atoms with van der Waals surface area (Å²) in [7, 11) is 1.75. The van der Waals surface area contributed by atoms with E-state index in [0.717, 1.165) is 31.7 Å². The van der Waals surface area contributed by atoms with E-state index in [1.807, 2.05) is 13.1 Å². The molecule has 0 aliphatic rings. The van der Waals surface area contributed by atoms with Gasteiger partial charge in [0.15, 0.2) is 0 Å². The fourth-order valence-corrected chi connectivity index (χ4v) is 2.28. The molecule has 20 heavy (non-hydrogen) atoms. The molecule has 0 spiro atoms. The molecule has 1 rings (SSSR count). The molecule has 0 saturated heterocycles. The minimum atomic E-state index is 0.299. The highest BCUT2D eigenvalue weighted by Crippen LogP contribution is 2.24. The van der Waals surface area contributed by atoms with Gasteiger partial charge in [-0.1, -0.05) is 13.8 Å². The topological polar surface area (TPSA) is 43.4 Å². The van der Waals surface area contributed by atoms with Crippen molar-refractivity contribution in [2.24, 2.45) is 5.92 Å². The smallest absolute Gasteiger partial charge is 0.137 e. The van der Waals surface area contributed by atoms with Gasteiger partial charge in [-0.25, -0.2) is 0 Å². The van der Waals surface area contributed by atoms with Crippen LogP contribution in [0.25, 0.3) is 0 Å². The van der Waals surface area contributed by atoms with Gasteiger partial charge in [-0.2, -0.15) is 0 Å². The van der Waals surface area contributed by atoms with Crippen LogP contribution in [0.5, 0.6) is 5.75 Å². The second-order valence-corrected chi connectivity index (χ2v) is 5.19. The molecule has 4 nitrogen and oxygen atoms in total. The molecule has 4 heteroatoms. The molecule has 0 saturated carbocycles. The highest BCUT2D eigenvalue weighted by molar-refractivity contribution is 5.26. The lowest BCUT2D eigenvalue weighted by Crippen LogP contribution is -2.25. The Labute approximate surface area is 122 Å². The second-order valence-electron chi connectivity index (χ2n) is 5.19. The summed E-state index contributed by atoms with van der Waals surface area (Å²) >= 11 is 0. The quantitative estimate of drug-likeness (QED) is 0.715. The minimum Gasteiger partial charge on any atom is -0.492 e. The SMILES string of the molecule is CCCNC(CC(C)COC)c1cncc(OCC)c1. The summed E-state index contributed by atoms with van der Waals surface area (Å²) in [6.07, 6.45) is 5.84. The Bertz CT molecular complexity index is 371. The fourth-order valence-electron chi connectivity index (χ4n) is 2.28.